The van der Waals surface area contributed by atoms with Gasteiger partial charge in [-0.05, 0) is 31.5 Å². The van der Waals surface area contributed by atoms with Crippen LogP contribution in [0.25, 0.3) is 0 Å². The van der Waals surface area contributed by atoms with Crippen molar-refractivity contribution >= 4 is 17.4 Å². The average Bonchev–Trinajstić information content (AvgIpc) is 2.38. The van der Waals surface area contributed by atoms with Crippen molar-refractivity contribution in [3.63, 3.8) is 0 Å². The molecule has 0 atom stereocenters. The summed E-state index contributed by atoms with van der Waals surface area (Å²) in [5.41, 5.74) is 2.45. The third-order valence-electron chi connectivity index (χ3n) is 2.92. The molecule has 0 saturated heterocycles. The average molecular weight is 275 g/mol. The Morgan fingerprint density at radius 1 is 1.16 bits per heavy atom. The summed E-state index contributed by atoms with van der Waals surface area (Å²) >= 11 is 6.09. The zero-order valence-electron chi connectivity index (χ0n) is 10.9. The highest BCUT2D eigenvalue weighted by molar-refractivity contribution is 6.31. The van der Waals surface area contributed by atoms with Crippen LogP contribution in [-0.2, 0) is 6.61 Å². The van der Waals surface area contributed by atoms with Gasteiger partial charge >= 0.3 is 0 Å². The van der Waals surface area contributed by atoms with Gasteiger partial charge in [-0.15, -0.1) is 0 Å². The van der Waals surface area contributed by atoms with E-state index in [1.54, 1.807) is 6.07 Å². The summed E-state index contributed by atoms with van der Waals surface area (Å²) in [5.74, 6) is 0.632. The van der Waals surface area contributed by atoms with E-state index in [2.05, 4.69) is 0 Å². The van der Waals surface area contributed by atoms with Gasteiger partial charge in [-0.2, -0.15) is 0 Å². The fourth-order valence-corrected chi connectivity index (χ4v) is 2.08. The lowest BCUT2D eigenvalue weighted by Gasteiger charge is -2.13. The lowest BCUT2D eigenvalue weighted by Crippen LogP contribution is -2.03. The molecule has 0 radical (unpaired) electrons. The van der Waals surface area contributed by atoms with Gasteiger partial charge in [-0.3, -0.25) is 4.79 Å². The second-order valence-corrected chi connectivity index (χ2v) is 4.80. The molecule has 2 nitrogen and oxygen atoms in total. The molecule has 0 amide bonds. The zero-order valence-corrected chi connectivity index (χ0v) is 11.7. The molecule has 2 aromatic carbocycles. The molecule has 19 heavy (non-hydrogen) atoms. The number of rotatable bonds is 4. The summed E-state index contributed by atoms with van der Waals surface area (Å²) in [5, 5.41) is 0.667. The third kappa shape index (κ3) is 3.15. The molecule has 0 aromatic heterocycles. The minimum Gasteiger partial charge on any atom is -0.488 e. The largest absolute Gasteiger partial charge is 0.488 e. The molecule has 2 aromatic rings. The summed E-state index contributed by atoms with van der Waals surface area (Å²) in [6.07, 6.45) is 0. The van der Waals surface area contributed by atoms with Crippen molar-refractivity contribution in [1.82, 2.24) is 0 Å². The first-order valence-electron chi connectivity index (χ1n) is 6.06. The normalized spacial score (nSPS) is 10.3. The van der Waals surface area contributed by atoms with Crippen LogP contribution < -0.4 is 4.74 Å². The number of hydrogen-bond donors (Lipinski definition) is 0. The van der Waals surface area contributed by atoms with Crippen LogP contribution in [-0.4, -0.2) is 5.78 Å². The molecule has 0 aliphatic heterocycles. The first-order chi connectivity index (χ1) is 9.09. The van der Waals surface area contributed by atoms with E-state index >= 15 is 0 Å². The first-order valence-corrected chi connectivity index (χ1v) is 6.44. The van der Waals surface area contributed by atoms with Crippen LogP contribution in [0.15, 0.2) is 42.5 Å². The Kier molecular flexibility index (Phi) is 4.23. The highest BCUT2D eigenvalue weighted by Gasteiger charge is 2.11. The lowest BCUT2D eigenvalue weighted by molar-refractivity contribution is 0.101. The van der Waals surface area contributed by atoms with E-state index < -0.39 is 0 Å². The van der Waals surface area contributed by atoms with Gasteiger partial charge in [-0.25, -0.2) is 0 Å². The molecule has 0 heterocycles. The fraction of sp³-hybridized carbons (Fsp3) is 0.188. The Balaban J connectivity index is 2.25. The minimum absolute atomic E-state index is 0.00198. The predicted molar refractivity (Wildman–Crippen MR) is 77.0 cm³/mol. The van der Waals surface area contributed by atoms with Crippen molar-refractivity contribution in [1.29, 1.82) is 0 Å². The number of benzene rings is 2. The van der Waals surface area contributed by atoms with Crippen molar-refractivity contribution in [2.75, 3.05) is 0 Å². The van der Waals surface area contributed by atoms with Crippen LogP contribution in [0.5, 0.6) is 5.75 Å². The van der Waals surface area contributed by atoms with Gasteiger partial charge in [0.05, 0.1) is 5.56 Å². The first kappa shape index (κ1) is 13.6. The smallest absolute Gasteiger partial charge is 0.163 e. The predicted octanol–water partition coefficient (Wildman–Crippen LogP) is 4.43. The highest BCUT2D eigenvalue weighted by Crippen LogP contribution is 2.26. The summed E-state index contributed by atoms with van der Waals surface area (Å²) < 4.78 is 5.79. The topological polar surface area (TPSA) is 26.3 Å². The second-order valence-electron chi connectivity index (χ2n) is 4.39. The summed E-state index contributed by atoms with van der Waals surface area (Å²) in [4.78, 5) is 11.6. The third-order valence-corrected chi connectivity index (χ3v) is 3.29. The molecule has 0 aliphatic rings. The number of hydrogen-bond acceptors (Lipinski definition) is 2. The van der Waals surface area contributed by atoms with E-state index in [0.29, 0.717) is 22.9 Å². The van der Waals surface area contributed by atoms with Gasteiger partial charge in [0.15, 0.2) is 5.78 Å². The van der Waals surface area contributed by atoms with Crippen LogP contribution in [0.1, 0.15) is 28.4 Å². The van der Waals surface area contributed by atoms with Gasteiger partial charge in [0.1, 0.15) is 12.4 Å². The lowest BCUT2D eigenvalue weighted by atomic mass is 10.1. The molecule has 0 saturated carbocycles. The minimum atomic E-state index is -0.00198. The number of halogens is 1. The van der Waals surface area contributed by atoms with E-state index in [4.69, 9.17) is 16.3 Å². The Bertz CT molecular complexity index is 605. The van der Waals surface area contributed by atoms with Crippen molar-refractivity contribution < 1.29 is 9.53 Å². The number of Topliss-reactive ketones (excluding diaryl/α,β-unsaturated/α-hetero) is 1. The summed E-state index contributed by atoms with van der Waals surface area (Å²) in [6.45, 7) is 3.82. The maximum Gasteiger partial charge on any atom is 0.163 e. The molecule has 0 aliphatic carbocycles. The van der Waals surface area contributed by atoms with Crippen molar-refractivity contribution in [3.05, 3.63) is 64.2 Å². The highest BCUT2D eigenvalue weighted by atomic mass is 35.5. The standard InChI is InChI=1S/C16H15ClO2/c1-11-6-5-8-14(12(2)18)16(11)19-10-13-7-3-4-9-15(13)17/h3-9H,10H2,1-2H3. The molecule has 2 rings (SSSR count). The molecular formula is C16H15ClO2. The SMILES string of the molecule is CC(=O)c1cccc(C)c1OCc1ccccc1Cl. The van der Waals surface area contributed by atoms with E-state index in [9.17, 15) is 4.79 Å². The number of ether oxygens (including phenoxy) is 1. The molecule has 0 bridgehead atoms. The van der Waals surface area contributed by atoms with Gasteiger partial charge in [-0.1, -0.05) is 41.9 Å². The van der Waals surface area contributed by atoms with Crippen molar-refractivity contribution in [2.45, 2.75) is 20.5 Å². The second kappa shape index (κ2) is 5.89. The van der Waals surface area contributed by atoms with Crippen molar-refractivity contribution in [2.24, 2.45) is 0 Å². The molecule has 0 spiro atoms. The van der Waals surface area contributed by atoms with E-state index in [-0.39, 0.29) is 5.78 Å². The Hall–Kier alpha value is -1.80. The molecule has 98 valence electrons. The van der Waals surface area contributed by atoms with Crippen LogP contribution in [0.2, 0.25) is 5.02 Å². The molecule has 3 heteroatoms. The summed E-state index contributed by atoms with van der Waals surface area (Å²) in [6, 6.07) is 13.1. The van der Waals surface area contributed by atoms with E-state index in [0.717, 1.165) is 11.1 Å². The number of carbonyl (C=O) groups excluding carboxylic acids is 1. The van der Waals surface area contributed by atoms with Crippen LogP contribution >= 0.6 is 11.6 Å². The molecule has 0 N–H and O–H groups in total. The molecular weight excluding hydrogens is 260 g/mol. The number of para-hydroxylation sites is 1. The maximum atomic E-state index is 11.6. The monoisotopic (exact) mass is 274 g/mol. The number of aryl methyl sites for hydroxylation is 1. The van der Waals surface area contributed by atoms with Gasteiger partial charge in [0.25, 0.3) is 0 Å². The Morgan fingerprint density at radius 3 is 2.58 bits per heavy atom. The molecule has 0 fully saturated rings. The Labute approximate surface area is 118 Å². The van der Waals surface area contributed by atoms with Crippen LogP contribution in [0.3, 0.4) is 0 Å². The Morgan fingerprint density at radius 2 is 1.89 bits per heavy atom. The number of carbonyl (C=O) groups is 1. The quantitative estimate of drug-likeness (QED) is 0.771. The zero-order chi connectivity index (χ0) is 13.8. The fourth-order valence-electron chi connectivity index (χ4n) is 1.89. The van der Waals surface area contributed by atoms with E-state index in [1.165, 1.54) is 6.92 Å². The van der Waals surface area contributed by atoms with E-state index in [1.807, 2.05) is 43.3 Å². The van der Waals surface area contributed by atoms with Crippen LogP contribution in [0.4, 0.5) is 0 Å². The van der Waals surface area contributed by atoms with Gasteiger partial charge in [0.2, 0.25) is 0 Å². The van der Waals surface area contributed by atoms with Gasteiger partial charge in [0, 0.05) is 10.6 Å². The molecule has 0 unspecified atom stereocenters. The number of ketones is 1. The van der Waals surface area contributed by atoms with Crippen LogP contribution in [0, 0.1) is 6.92 Å². The maximum absolute atomic E-state index is 11.6. The van der Waals surface area contributed by atoms with Gasteiger partial charge < -0.3 is 4.74 Å². The summed E-state index contributed by atoms with van der Waals surface area (Å²) in [7, 11) is 0. The van der Waals surface area contributed by atoms with Crippen molar-refractivity contribution in [3.8, 4) is 5.75 Å².